The van der Waals surface area contributed by atoms with E-state index < -0.39 is 5.54 Å². The Bertz CT molecular complexity index is 692. The smallest absolute Gasteiger partial charge is 0.227 e. The molecule has 27 heavy (non-hydrogen) atoms. The summed E-state index contributed by atoms with van der Waals surface area (Å²) in [5.74, 6) is -0.332. The van der Waals surface area contributed by atoms with Crippen molar-refractivity contribution in [1.29, 1.82) is 0 Å². The van der Waals surface area contributed by atoms with Gasteiger partial charge < -0.3 is 15.5 Å². The molecule has 148 valence electrons. The van der Waals surface area contributed by atoms with Crippen LogP contribution < -0.4 is 5.73 Å². The Kier molecular flexibility index (Phi) is 6.15. The minimum Gasteiger partial charge on any atom is -0.341 e. The van der Waals surface area contributed by atoms with Crippen LogP contribution in [0.3, 0.4) is 0 Å². The molecule has 1 saturated carbocycles. The second-order valence-corrected chi connectivity index (χ2v) is 8.17. The lowest BCUT2D eigenvalue weighted by Crippen LogP contribution is -2.54. The minimum absolute atomic E-state index is 0.0174. The standard InChI is InChI=1S/C21H30FN3O2/c1-21(23)9-3-2-8-18(21)20(27)25-11-5-10-24(12-13-25)19(26)15-16-6-4-7-17(22)14-16/h4,6-7,14,18H,2-3,5,8-13,15,23H2,1H3. The maximum Gasteiger partial charge on any atom is 0.227 e. The lowest BCUT2D eigenvalue weighted by Gasteiger charge is -2.39. The van der Waals surface area contributed by atoms with Crippen LogP contribution in [0.25, 0.3) is 0 Å². The molecule has 2 fully saturated rings. The Morgan fingerprint density at radius 2 is 1.89 bits per heavy atom. The summed E-state index contributed by atoms with van der Waals surface area (Å²) in [7, 11) is 0. The normalized spacial score (nSPS) is 26.6. The summed E-state index contributed by atoms with van der Waals surface area (Å²) < 4.78 is 13.3. The third-order valence-electron chi connectivity index (χ3n) is 5.96. The van der Waals surface area contributed by atoms with Gasteiger partial charge in [-0.05, 0) is 43.9 Å². The van der Waals surface area contributed by atoms with Gasteiger partial charge in [0.15, 0.2) is 0 Å². The highest BCUT2D eigenvalue weighted by Crippen LogP contribution is 2.33. The minimum atomic E-state index is -0.436. The molecule has 1 saturated heterocycles. The first-order valence-corrected chi connectivity index (χ1v) is 9.97. The molecule has 2 aliphatic rings. The summed E-state index contributed by atoms with van der Waals surface area (Å²) in [6.07, 6.45) is 4.82. The number of hydrogen-bond acceptors (Lipinski definition) is 3. The Balaban J connectivity index is 1.58. The van der Waals surface area contributed by atoms with E-state index in [1.165, 1.54) is 12.1 Å². The van der Waals surface area contributed by atoms with E-state index in [1.807, 2.05) is 11.8 Å². The molecule has 2 unspecified atom stereocenters. The van der Waals surface area contributed by atoms with Crippen molar-refractivity contribution < 1.29 is 14.0 Å². The van der Waals surface area contributed by atoms with Gasteiger partial charge >= 0.3 is 0 Å². The fourth-order valence-corrected chi connectivity index (χ4v) is 4.30. The van der Waals surface area contributed by atoms with Gasteiger partial charge in [-0.2, -0.15) is 0 Å². The maximum atomic E-state index is 13.3. The summed E-state index contributed by atoms with van der Waals surface area (Å²) in [5, 5.41) is 0. The molecule has 5 nitrogen and oxygen atoms in total. The molecule has 0 aromatic heterocycles. The van der Waals surface area contributed by atoms with Gasteiger partial charge in [0.1, 0.15) is 5.82 Å². The van der Waals surface area contributed by atoms with E-state index in [0.717, 1.165) is 32.1 Å². The van der Waals surface area contributed by atoms with E-state index in [0.29, 0.717) is 31.7 Å². The summed E-state index contributed by atoms with van der Waals surface area (Å²) in [4.78, 5) is 29.3. The van der Waals surface area contributed by atoms with Crippen LogP contribution in [0.1, 0.15) is 44.6 Å². The molecule has 6 heteroatoms. The molecule has 0 bridgehead atoms. The first kappa shape index (κ1) is 19.8. The zero-order valence-electron chi connectivity index (χ0n) is 16.1. The average Bonchev–Trinajstić information content (AvgIpc) is 2.87. The summed E-state index contributed by atoms with van der Waals surface area (Å²) >= 11 is 0. The van der Waals surface area contributed by atoms with E-state index >= 15 is 0 Å². The van der Waals surface area contributed by atoms with Gasteiger partial charge in [-0.25, -0.2) is 4.39 Å². The zero-order valence-corrected chi connectivity index (χ0v) is 16.1. The van der Waals surface area contributed by atoms with E-state index in [-0.39, 0.29) is 30.0 Å². The number of rotatable bonds is 3. The number of nitrogens with zero attached hydrogens (tertiary/aromatic N) is 2. The Hall–Kier alpha value is -1.95. The van der Waals surface area contributed by atoms with Crippen molar-refractivity contribution in [2.45, 2.75) is 51.0 Å². The van der Waals surface area contributed by atoms with Crippen LogP contribution in [0.4, 0.5) is 4.39 Å². The SMILES string of the molecule is CC1(N)CCCCC1C(=O)N1CCCN(C(=O)Cc2cccc(F)c2)CC1. The second-order valence-electron chi connectivity index (χ2n) is 8.17. The van der Waals surface area contributed by atoms with Crippen molar-refractivity contribution in [3.05, 3.63) is 35.6 Å². The number of carbonyl (C=O) groups excluding carboxylic acids is 2. The van der Waals surface area contributed by atoms with Crippen molar-refractivity contribution in [2.75, 3.05) is 26.2 Å². The lowest BCUT2D eigenvalue weighted by atomic mass is 9.74. The Morgan fingerprint density at radius 1 is 1.15 bits per heavy atom. The van der Waals surface area contributed by atoms with E-state index in [4.69, 9.17) is 5.73 Å². The van der Waals surface area contributed by atoms with Crippen molar-refractivity contribution in [3.8, 4) is 0 Å². The van der Waals surface area contributed by atoms with Gasteiger partial charge in [-0.1, -0.05) is 25.0 Å². The van der Waals surface area contributed by atoms with Crippen LogP contribution in [0, 0.1) is 11.7 Å². The quantitative estimate of drug-likeness (QED) is 0.882. The van der Waals surface area contributed by atoms with Crippen molar-refractivity contribution >= 4 is 11.8 Å². The Morgan fingerprint density at radius 3 is 2.63 bits per heavy atom. The predicted molar refractivity (Wildman–Crippen MR) is 102 cm³/mol. The van der Waals surface area contributed by atoms with Crippen molar-refractivity contribution in [3.63, 3.8) is 0 Å². The summed E-state index contributed by atoms with van der Waals surface area (Å²) in [6.45, 7) is 4.34. The molecule has 0 spiro atoms. The van der Waals surface area contributed by atoms with Crippen LogP contribution in [0.2, 0.25) is 0 Å². The van der Waals surface area contributed by atoms with Gasteiger partial charge in [0.05, 0.1) is 12.3 Å². The number of carbonyl (C=O) groups is 2. The molecule has 2 atom stereocenters. The second kappa shape index (κ2) is 8.38. The first-order valence-electron chi connectivity index (χ1n) is 9.97. The van der Waals surface area contributed by atoms with Crippen LogP contribution in [0.15, 0.2) is 24.3 Å². The molecule has 1 aromatic rings. The molecule has 3 rings (SSSR count). The molecule has 0 radical (unpaired) electrons. The van der Waals surface area contributed by atoms with Gasteiger partial charge in [0, 0.05) is 31.7 Å². The van der Waals surface area contributed by atoms with Crippen LogP contribution in [-0.4, -0.2) is 53.3 Å². The number of amides is 2. The third-order valence-corrected chi connectivity index (χ3v) is 5.96. The molecule has 1 aliphatic heterocycles. The predicted octanol–water partition coefficient (Wildman–Crippen LogP) is 2.34. The topological polar surface area (TPSA) is 66.6 Å². The monoisotopic (exact) mass is 375 g/mol. The molecule has 1 aliphatic carbocycles. The van der Waals surface area contributed by atoms with Crippen molar-refractivity contribution in [1.82, 2.24) is 9.80 Å². The maximum absolute atomic E-state index is 13.3. The molecule has 2 amide bonds. The zero-order chi connectivity index (χ0) is 19.4. The van der Waals surface area contributed by atoms with Crippen molar-refractivity contribution in [2.24, 2.45) is 11.7 Å². The highest BCUT2D eigenvalue weighted by Gasteiger charge is 2.40. The molecule has 1 heterocycles. The number of halogens is 1. The van der Waals surface area contributed by atoms with E-state index in [2.05, 4.69) is 0 Å². The largest absolute Gasteiger partial charge is 0.341 e. The van der Waals surface area contributed by atoms with E-state index in [1.54, 1.807) is 17.0 Å². The van der Waals surface area contributed by atoms with Crippen LogP contribution in [0.5, 0.6) is 0 Å². The molecule has 1 aromatic carbocycles. The number of benzene rings is 1. The lowest BCUT2D eigenvalue weighted by molar-refractivity contribution is -0.139. The third kappa shape index (κ3) is 4.86. The molecule has 2 N–H and O–H groups in total. The fourth-order valence-electron chi connectivity index (χ4n) is 4.30. The summed E-state index contributed by atoms with van der Waals surface area (Å²) in [6, 6.07) is 6.16. The Labute approximate surface area is 160 Å². The van der Waals surface area contributed by atoms with Gasteiger partial charge in [-0.3, -0.25) is 9.59 Å². The average molecular weight is 375 g/mol. The molecular formula is C21H30FN3O2. The van der Waals surface area contributed by atoms with E-state index in [9.17, 15) is 14.0 Å². The fraction of sp³-hybridized carbons (Fsp3) is 0.619. The highest BCUT2D eigenvalue weighted by molar-refractivity contribution is 5.81. The van der Waals surface area contributed by atoms with Gasteiger partial charge in [0.25, 0.3) is 0 Å². The highest BCUT2D eigenvalue weighted by atomic mass is 19.1. The number of hydrogen-bond donors (Lipinski definition) is 1. The molecular weight excluding hydrogens is 345 g/mol. The van der Waals surface area contributed by atoms with Gasteiger partial charge in [-0.15, -0.1) is 0 Å². The van der Waals surface area contributed by atoms with Gasteiger partial charge in [0.2, 0.25) is 11.8 Å². The van der Waals surface area contributed by atoms with Crippen LogP contribution >= 0.6 is 0 Å². The van der Waals surface area contributed by atoms with Crippen LogP contribution in [-0.2, 0) is 16.0 Å². The summed E-state index contributed by atoms with van der Waals surface area (Å²) in [5.41, 5.74) is 6.64. The first-order chi connectivity index (χ1) is 12.9. The number of nitrogens with two attached hydrogens (primary N) is 1.